The first-order chi connectivity index (χ1) is 9.77. The standard InChI is InChI=1S/C18H30O2/c1-3-11-16-13-9-10-14-17(16)12-7-5-4-6-8-15-18(19)20-2/h9-10,13-14,16-17H,3-8,11-12,15H2,1-2H3. The lowest BCUT2D eigenvalue weighted by molar-refractivity contribution is -0.140. The topological polar surface area (TPSA) is 26.3 Å². The average molecular weight is 278 g/mol. The summed E-state index contributed by atoms with van der Waals surface area (Å²) >= 11 is 0. The van der Waals surface area contributed by atoms with E-state index < -0.39 is 0 Å². The molecule has 0 aliphatic heterocycles. The molecule has 1 aliphatic carbocycles. The molecule has 2 heteroatoms. The number of methoxy groups -OCH3 is 1. The average Bonchev–Trinajstić information content (AvgIpc) is 2.47. The Balaban J connectivity index is 2.04. The molecule has 0 aromatic rings. The molecule has 2 nitrogen and oxygen atoms in total. The van der Waals surface area contributed by atoms with Crippen LogP contribution < -0.4 is 0 Å². The second-order valence-electron chi connectivity index (χ2n) is 5.77. The molecule has 114 valence electrons. The zero-order valence-electron chi connectivity index (χ0n) is 13.1. The SMILES string of the molecule is CCCC1C=CC=CC1CCCCCCCC(=O)OC. The number of allylic oxidation sites excluding steroid dienone is 4. The fourth-order valence-electron chi connectivity index (χ4n) is 2.93. The Morgan fingerprint density at radius 2 is 1.55 bits per heavy atom. The second kappa shape index (κ2) is 10.7. The van der Waals surface area contributed by atoms with Crippen molar-refractivity contribution in [3.05, 3.63) is 24.3 Å². The highest BCUT2D eigenvalue weighted by Crippen LogP contribution is 2.28. The van der Waals surface area contributed by atoms with Gasteiger partial charge in [0.25, 0.3) is 0 Å². The molecule has 1 rings (SSSR count). The van der Waals surface area contributed by atoms with Gasteiger partial charge < -0.3 is 4.74 Å². The van der Waals surface area contributed by atoms with E-state index >= 15 is 0 Å². The number of rotatable bonds is 10. The van der Waals surface area contributed by atoms with Crippen LogP contribution in [0.4, 0.5) is 0 Å². The zero-order chi connectivity index (χ0) is 14.6. The van der Waals surface area contributed by atoms with Crippen molar-refractivity contribution < 1.29 is 9.53 Å². The molecular weight excluding hydrogens is 248 g/mol. The molecule has 0 aromatic carbocycles. The quantitative estimate of drug-likeness (QED) is 0.413. The van der Waals surface area contributed by atoms with E-state index in [0.29, 0.717) is 6.42 Å². The highest BCUT2D eigenvalue weighted by Gasteiger charge is 2.16. The van der Waals surface area contributed by atoms with E-state index in [4.69, 9.17) is 0 Å². The number of unbranched alkanes of at least 4 members (excludes halogenated alkanes) is 4. The second-order valence-corrected chi connectivity index (χ2v) is 5.77. The zero-order valence-corrected chi connectivity index (χ0v) is 13.1. The maximum atomic E-state index is 11.0. The molecule has 0 fully saturated rings. The number of ether oxygens (including phenoxy) is 1. The van der Waals surface area contributed by atoms with Crippen molar-refractivity contribution in [3.63, 3.8) is 0 Å². The van der Waals surface area contributed by atoms with Crippen molar-refractivity contribution in [3.8, 4) is 0 Å². The van der Waals surface area contributed by atoms with Gasteiger partial charge in [-0.3, -0.25) is 4.79 Å². The Hall–Kier alpha value is -1.05. The number of esters is 1. The van der Waals surface area contributed by atoms with Gasteiger partial charge in [0.1, 0.15) is 0 Å². The normalized spacial score (nSPS) is 21.1. The van der Waals surface area contributed by atoms with E-state index in [1.807, 2.05) is 0 Å². The third-order valence-electron chi connectivity index (χ3n) is 4.15. The van der Waals surface area contributed by atoms with E-state index in [9.17, 15) is 4.79 Å². The molecule has 0 aromatic heterocycles. The van der Waals surface area contributed by atoms with Crippen LogP contribution in [0.2, 0.25) is 0 Å². The molecule has 1 aliphatic rings. The summed E-state index contributed by atoms with van der Waals surface area (Å²) < 4.78 is 4.64. The minimum Gasteiger partial charge on any atom is -0.469 e. The molecule has 0 amide bonds. The predicted molar refractivity (Wildman–Crippen MR) is 84.5 cm³/mol. The van der Waals surface area contributed by atoms with Crippen LogP contribution in [0.5, 0.6) is 0 Å². The van der Waals surface area contributed by atoms with Gasteiger partial charge in [-0.15, -0.1) is 0 Å². The lowest BCUT2D eigenvalue weighted by atomic mass is 9.82. The van der Waals surface area contributed by atoms with Gasteiger partial charge in [-0.1, -0.05) is 63.3 Å². The molecule has 0 N–H and O–H groups in total. The van der Waals surface area contributed by atoms with Crippen LogP contribution in [0, 0.1) is 11.8 Å². The molecule has 20 heavy (non-hydrogen) atoms. The van der Waals surface area contributed by atoms with Crippen molar-refractivity contribution in [2.75, 3.05) is 7.11 Å². The molecule has 0 bridgehead atoms. The van der Waals surface area contributed by atoms with Gasteiger partial charge in [0, 0.05) is 6.42 Å². The van der Waals surface area contributed by atoms with E-state index in [1.54, 1.807) is 0 Å². The first kappa shape index (κ1) is 17.0. The number of carbonyl (C=O) groups is 1. The fourth-order valence-corrected chi connectivity index (χ4v) is 2.93. The fraction of sp³-hybridized carbons (Fsp3) is 0.722. The van der Waals surface area contributed by atoms with E-state index in [2.05, 4.69) is 36.0 Å². The summed E-state index contributed by atoms with van der Waals surface area (Å²) in [5.41, 5.74) is 0. The molecule has 0 spiro atoms. The van der Waals surface area contributed by atoms with Gasteiger partial charge >= 0.3 is 5.97 Å². The van der Waals surface area contributed by atoms with Crippen molar-refractivity contribution in [2.45, 2.75) is 64.7 Å². The number of hydrogen-bond donors (Lipinski definition) is 0. The predicted octanol–water partition coefficient (Wildman–Crippen LogP) is 5.05. The van der Waals surface area contributed by atoms with Crippen molar-refractivity contribution in [1.82, 2.24) is 0 Å². The van der Waals surface area contributed by atoms with Crippen LogP contribution in [-0.4, -0.2) is 13.1 Å². The van der Waals surface area contributed by atoms with Gasteiger partial charge in [-0.05, 0) is 31.1 Å². The van der Waals surface area contributed by atoms with E-state index in [0.717, 1.165) is 24.7 Å². The van der Waals surface area contributed by atoms with Crippen molar-refractivity contribution >= 4 is 5.97 Å². The Morgan fingerprint density at radius 3 is 2.20 bits per heavy atom. The Labute approximate surface area is 124 Å². The van der Waals surface area contributed by atoms with Gasteiger partial charge in [-0.25, -0.2) is 0 Å². The highest BCUT2D eigenvalue weighted by atomic mass is 16.5. The van der Waals surface area contributed by atoms with Crippen molar-refractivity contribution in [1.29, 1.82) is 0 Å². The Bertz CT molecular complexity index is 317. The lowest BCUT2D eigenvalue weighted by Gasteiger charge is -2.23. The maximum Gasteiger partial charge on any atom is 0.305 e. The largest absolute Gasteiger partial charge is 0.469 e. The third kappa shape index (κ3) is 6.93. The summed E-state index contributed by atoms with van der Waals surface area (Å²) in [5, 5.41) is 0. The first-order valence-electron chi connectivity index (χ1n) is 8.19. The maximum absolute atomic E-state index is 11.0. The van der Waals surface area contributed by atoms with Gasteiger partial charge in [0.15, 0.2) is 0 Å². The molecule has 0 radical (unpaired) electrons. The van der Waals surface area contributed by atoms with Crippen LogP contribution in [0.3, 0.4) is 0 Å². The minimum atomic E-state index is -0.0773. The molecule has 2 unspecified atom stereocenters. The van der Waals surface area contributed by atoms with Gasteiger partial charge in [0.05, 0.1) is 7.11 Å². The van der Waals surface area contributed by atoms with Crippen LogP contribution in [0.25, 0.3) is 0 Å². The summed E-state index contributed by atoms with van der Waals surface area (Å²) in [6, 6.07) is 0. The summed E-state index contributed by atoms with van der Waals surface area (Å²) in [5.74, 6) is 1.42. The monoisotopic (exact) mass is 278 g/mol. The molecule has 0 saturated heterocycles. The number of hydrogen-bond acceptors (Lipinski definition) is 2. The summed E-state index contributed by atoms with van der Waals surface area (Å²) in [6.45, 7) is 2.27. The summed E-state index contributed by atoms with van der Waals surface area (Å²) in [7, 11) is 1.46. The molecule has 2 atom stereocenters. The Morgan fingerprint density at radius 1 is 0.950 bits per heavy atom. The molecule has 0 heterocycles. The van der Waals surface area contributed by atoms with Gasteiger partial charge in [-0.2, -0.15) is 0 Å². The van der Waals surface area contributed by atoms with Crippen molar-refractivity contribution in [2.24, 2.45) is 11.8 Å². The summed E-state index contributed by atoms with van der Waals surface area (Å²) in [4.78, 5) is 11.0. The minimum absolute atomic E-state index is 0.0773. The molecule has 0 saturated carbocycles. The smallest absolute Gasteiger partial charge is 0.305 e. The van der Waals surface area contributed by atoms with E-state index in [1.165, 1.54) is 45.6 Å². The van der Waals surface area contributed by atoms with Crippen LogP contribution in [0.1, 0.15) is 64.7 Å². The Kier molecular flexibility index (Phi) is 9.10. The lowest BCUT2D eigenvalue weighted by Crippen LogP contribution is -2.12. The first-order valence-corrected chi connectivity index (χ1v) is 8.19. The molecular formula is C18H30O2. The van der Waals surface area contributed by atoms with E-state index in [-0.39, 0.29) is 5.97 Å². The number of carbonyl (C=O) groups excluding carboxylic acids is 1. The van der Waals surface area contributed by atoms with Gasteiger partial charge in [0.2, 0.25) is 0 Å². The highest BCUT2D eigenvalue weighted by molar-refractivity contribution is 5.68. The van der Waals surface area contributed by atoms with Crippen LogP contribution >= 0.6 is 0 Å². The summed E-state index contributed by atoms with van der Waals surface area (Å²) in [6.07, 6.45) is 19.6. The third-order valence-corrected chi connectivity index (χ3v) is 4.15. The van der Waals surface area contributed by atoms with Crippen LogP contribution in [0.15, 0.2) is 24.3 Å². The van der Waals surface area contributed by atoms with Crippen LogP contribution in [-0.2, 0) is 9.53 Å².